The first kappa shape index (κ1) is 26.9. The minimum absolute atomic E-state index is 0.0579. The molecular formula is C27H48O3. The highest BCUT2D eigenvalue weighted by Crippen LogP contribution is 2.48. The van der Waals surface area contributed by atoms with Crippen LogP contribution < -0.4 is 0 Å². The van der Waals surface area contributed by atoms with Crippen molar-refractivity contribution in [3.05, 3.63) is 23.3 Å². The van der Waals surface area contributed by atoms with Gasteiger partial charge in [-0.05, 0) is 44.4 Å². The third kappa shape index (κ3) is 8.57. The fourth-order valence-corrected chi connectivity index (χ4v) is 4.86. The van der Waals surface area contributed by atoms with E-state index in [-0.39, 0.29) is 5.92 Å². The fraction of sp³-hybridized carbons (Fsp3) is 0.815. The molecule has 0 aromatic carbocycles. The Labute approximate surface area is 186 Å². The SMILES string of the molecule is CCCCC1=CC(CCCCCCC(C)C)(C(=O)O)C(CCOC)C(CCCC)=C1. The van der Waals surface area contributed by atoms with E-state index in [1.165, 1.54) is 30.4 Å². The second-order valence-electron chi connectivity index (χ2n) is 9.67. The molecule has 1 N–H and O–H groups in total. The molecule has 0 aromatic heterocycles. The van der Waals surface area contributed by atoms with Gasteiger partial charge >= 0.3 is 5.97 Å². The summed E-state index contributed by atoms with van der Waals surface area (Å²) < 4.78 is 5.40. The number of rotatable bonds is 17. The highest BCUT2D eigenvalue weighted by atomic mass is 16.5. The van der Waals surface area contributed by atoms with E-state index in [0.717, 1.165) is 70.1 Å². The molecule has 0 bridgehead atoms. The van der Waals surface area contributed by atoms with E-state index in [1.54, 1.807) is 7.11 Å². The van der Waals surface area contributed by atoms with Crippen LogP contribution in [0.2, 0.25) is 0 Å². The van der Waals surface area contributed by atoms with Gasteiger partial charge in [0.25, 0.3) is 0 Å². The first-order valence-corrected chi connectivity index (χ1v) is 12.6. The van der Waals surface area contributed by atoms with Gasteiger partial charge in [-0.3, -0.25) is 4.79 Å². The van der Waals surface area contributed by atoms with E-state index in [2.05, 4.69) is 39.8 Å². The number of carbonyl (C=O) groups is 1. The molecule has 0 radical (unpaired) electrons. The Hall–Kier alpha value is -1.09. The lowest BCUT2D eigenvalue weighted by atomic mass is 9.63. The molecular weight excluding hydrogens is 372 g/mol. The Kier molecular flexibility index (Phi) is 13.3. The van der Waals surface area contributed by atoms with E-state index in [0.29, 0.717) is 6.61 Å². The third-order valence-corrected chi connectivity index (χ3v) is 6.65. The fourth-order valence-electron chi connectivity index (χ4n) is 4.86. The Morgan fingerprint density at radius 1 is 1.07 bits per heavy atom. The van der Waals surface area contributed by atoms with Gasteiger partial charge in [0.1, 0.15) is 0 Å². The van der Waals surface area contributed by atoms with E-state index in [4.69, 9.17) is 4.74 Å². The van der Waals surface area contributed by atoms with Crippen LogP contribution in [0, 0.1) is 17.3 Å². The van der Waals surface area contributed by atoms with Crippen molar-refractivity contribution in [3.8, 4) is 0 Å². The number of hydrogen-bond acceptors (Lipinski definition) is 2. The van der Waals surface area contributed by atoms with Crippen LogP contribution in [0.25, 0.3) is 0 Å². The summed E-state index contributed by atoms with van der Waals surface area (Å²) in [4.78, 5) is 12.8. The van der Waals surface area contributed by atoms with Gasteiger partial charge in [-0.2, -0.15) is 0 Å². The largest absolute Gasteiger partial charge is 0.481 e. The molecule has 0 saturated heterocycles. The van der Waals surface area contributed by atoms with Gasteiger partial charge in [-0.15, -0.1) is 0 Å². The second kappa shape index (κ2) is 14.8. The lowest BCUT2D eigenvalue weighted by molar-refractivity contribution is -0.149. The topological polar surface area (TPSA) is 46.5 Å². The normalized spacial score (nSPS) is 21.6. The van der Waals surface area contributed by atoms with Crippen molar-refractivity contribution in [2.75, 3.05) is 13.7 Å². The number of methoxy groups -OCH3 is 1. The van der Waals surface area contributed by atoms with Gasteiger partial charge in [-0.25, -0.2) is 0 Å². The van der Waals surface area contributed by atoms with Crippen LogP contribution in [0.15, 0.2) is 23.3 Å². The van der Waals surface area contributed by atoms with Crippen molar-refractivity contribution in [2.45, 2.75) is 111 Å². The summed E-state index contributed by atoms with van der Waals surface area (Å²) in [6.07, 6.45) is 18.4. The van der Waals surface area contributed by atoms with Crippen molar-refractivity contribution in [3.63, 3.8) is 0 Å². The zero-order valence-corrected chi connectivity index (χ0v) is 20.5. The molecule has 3 nitrogen and oxygen atoms in total. The van der Waals surface area contributed by atoms with Crippen molar-refractivity contribution in [1.29, 1.82) is 0 Å². The van der Waals surface area contributed by atoms with Gasteiger partial charge < -0.3 is 9.84 Å². The van der Waals surface area contributed by atoms with Crippen molar-refractivity contribution in [1.82, 2.24) is 0 Å². The standard InChI is InChI=1S/C27H48O3/c1-6-8-15-23-20-24(16-9-7-2)25(17-19-30-5)27(21-23,26(28)29)18-13-11-10-12-14-22(3)4/h20-22,25H,6-19H2,1-5H3,(H,28,29). The van der Waals surface area contributed by atoms with Crippen LogP contribution >= 0.6 is 0 Å². The first-order valence-electron chi connectivity index (χ1n) is 12.6. The summed E-state index contributed by atoms with van der Waals surface area (Å²) in [5.74, 6) is 0.173. The van der Waals surface area contributed by atoms with Crippen LogP contribution in [-0.4, -0.2) is 24.8 Å². The van der Waals surface area contributed by atoms with Gasteiger partial charge in [0.2, 0.25) is 0 Å². The maximum atomic E-state index is 12.8. The Morgan fingerprint density at radius 2 is 1.73 bits per heavy atom. The Morgan fingerprint density at radius 3 is 2.33 bits per heavy atom. The number of hydrogen-bond donors (Lipinski definition) is 1. The molecule has 0 saturated carbocycles. The van der Waals surface area contributed by atoms with E-state index in [9.17, 15) is 9.90 Å². The number of unbranched alkanes of at least 4 members (excludes halogenated alkanes) is 5. The van der Waals surface area contributed by atoms with Gasteiger partial charge in [0.15, 0.2) is 0 Å². The van der Waals surface area contributed by atoms with E-state index in [1.807, 2.05) is 0 Å². The summed E-state index contributed by atoms with van der Waals surface area (Å²) in [6.45, 7) is 9.58. The lowest BCUT2D eigenvalue weighted by Crippen LogP contribution is -2.41. The molecule has 0 fully saturated rings. The highest BCUT2D eigenvalue weighted by Gasteiger charge is 2.46. The second-order valence-corrected chi connectivity index (χ2v) is 9.67. The molecule has 1 rings (SSSR count). The van der Waals surface area contributed by atoms with Crippen molar-refractivity contribution >= 4 is 5.97 Å². The minimum Gasteiger partial charge on any atom is -0.481 e. The van der Waals surface area contributed by atoms with Crippen LogP contribution in [0.3, 0.4) is 0 Å². The average molecular weight is 421 g/mol. The number of allylic oxidation sites excluding steroid dienone is 3. The molecule has 2 unspecified atom stereocenters. The van der Waals surface area contributed by atoms with E-state index >= 15 is 0 Å². The molecule has 0 spiro atoms. The molecule has 2 atom stereocenters. The van der Waals surface area contributed by atoms with Gasteiger partial charge in [-0.1, -0.05) is 95.9 Å². The smallest absolute Gasteiger partial charge is 0.314 e. The van der Waals surface area contributed by atoms with Crippen molar-refractivity contribution in [2.24, 2.45) is 17.3 Å². The quantitative estimate of drug-likeness (QED) is 0.243. The highest BCUT2D eigenvalue weighted by molar-refractivity contribution is 5.79. The molecule has 0 aromatic rings. The molecule has 30 heavy (non-hydrogen) atoms. The van der Waals surface area contributed by atoms with Crippen LogP contribution in [0.5, 0.6) is 0 Å². The molecule has 0 heterocycles. The maximum Gasteiger partial charge on any atom is 0.314 e. The van der Waals surface area contributed by atoms with Gasteiger partial charge in [0.05, 0.1) is 5.41 Å². The molecule has 0 aliphatic heterocycles. The third-order valence-electron chi connectivity index (χ3n) is 6.65. The Balaban J connectivity index is 3.07. The molecule has 1 aliphatic rings. The molecule has 1 aliphatic carbocycles. The summed E-state index contributed by atoms with van der Waals surface area (Å²) in [5.41, 5.74) is 1.83. The predicted molar refractivity (Wildman–Crippen MR) is 128 cm³/mol. The lowest BCUT2D eigenvalue weighted by Gasteiger charge is -2.40. The zero-order valence-electron chi connectivity index (χ0n) is 20.5. The van der Waals surface area contributed by atoms with Gasteiger partial charge in [0, 0.05) is 19.6 Å². The van der Waals surface area contributed by atoms with Crippen LogP contribution in [0.4, 0.5) is 0 Å². The number of carboxylic acid groups (broad SMARTS) is 1. The minimum atomic E-state index is -0.766. The number of ether oxygens (including phenoxy) is 1. The van der Waals surface area contributed by atoms with Crippen LogP contribution in [0.1, 0.15) is 111 Å². The first-order chi connectivity index (χ1) is 14.4. The molecule has 3 heteroatoms. The van der Waals surface area contributed by atoms with E-state index < -0.39 is 11.4 Å². The monoisotopic (exact) mass is 420 g/mol. The summed E-state index contributed by atoms with van der Waals surface area (Å²) in [5, 5.41) is 10.5. The summed E-state index contributed by atoms with van der Waals surface area (Å²) in [7, 11) is 1.72. The molecule has 0 amide bonds. The number of aliphatic carboxylic acids is 1. The average Bonchev–Trinajstić information content (AvgIpc) is 2.71. The van der Waals surface area contributed by atoms with Crippen LogP contribution in [-0.2, 0) is 9.53 Å². The maximum absolute atomic E-state index is 12.8. The Bertz CT molecular complexity index is 546. The predicted octanol–water partition coefficient (Wildman–Crippen LogP) is 7.95. The molecule has 174 valence electrons. The zero-order chi connectivity index (χ0) is 22.4. The summed E-state index contributed by atoms with van der Waals surface area (Å²) >= 11 is 0. The summed E-state index contributed by atoms with van der Waals surface area (Å²) in [6, 6.07) is 0. The van der Waals surface area contributed by atoms with Crippen molar-refractivity contribution < 1.29 is 14.6 Å². The number of carboxylic acids is 1.